The Kier molecular flexibility index (Phi) is 7.09. The molecule has 2 N–H and O–H groups in total. The summed E-state index contributed by atoms with van der Waals surface area (Å²) in [6.07, 6.45) is 7.08. The van der Waals surface area contributed by atoms with Gasteiger partial charge in [-0.25, -0.2) is 4.68 Å². The standard InChI is InChI=1S/C32H39ClN4O/c1-19(2)23-6-10-28(11-7-23)37-31(24-4-8-27(33)9-5-24)20(3)29(36-37)32(38)35-13-12-34-30-25-15-21-14-22(17-25)18-26(30)16-21/h4-11,19,21-22,25-26,30,34H,12-18H2,1-3H3,(H,35,38). The van der Waals surface area contributed by atoms with Crippen molar-refractivity contribution < 1.29 is 4.79 Å². The third kappa shape index (κ3) is 4.91. The highest BCUT2D eigenvalue weighted by molar-refractivity contribution is 6.30. The fourth-order valence-corrected chi connectivity index (χ4v) is 7.73. The van der Waals surface area contributed by atoms with E-state index in [1.807, 2.05) is 35.9 Å². The minimum Gasteiger partial charge on any atom is -0.349 e. The topological polar surface area (TPSA) is 59.0 Å². The normalized spacial score (nSPS) is 25.8. The maximum absolute atomic E-state index is 13.4. The van der Waals surface area contributed by atoms with Gasteiger partial charge in [0.2, 0.25) is 0 Å². The lowest BCUT2D eigenvalue weighted by Crippen LogP contribution is -2.55. The number of carbonyl (C=O) groups is 1. The SMILES string of the molecule is Cc1c(C(=O)NCCNC2C3CC4CC(C3)CC2C4)nn(-c2ccc(C(C)C)cc2)c1-c1ccc(Cl)cc1. The van der Waals surface area contributed by atoms with Gasteiger partial charge in [-0.15, -0.1) is 0 Å². The molecule has 3 aromatic rings. The Morgan fingerprint density at radius 3 is 2.18 bits per heavy atom. The summed E-state index contributed by atoms with van der Waals surface area (Å²) in [5, 5.41) is 12.5. The van der Waals surface area contributed by atoms with Gasteiger partial charge in [-0.05, 0) is 98.4 Å². The molecule has 7 rings (SSSR count). The van der Waals surface area contributed by atoms with Gasteiger partial charge in [0.1, 0.15) is 0 Å². The van der Waals surface area contributed by atoms with Crippen molar-refractivity contribution in [2.75, 3.05) is 13.1 Å². The molecule has 5 nitrogen and oxygen atoms in total. The second kappa shape index (κ2) is 10.5. The van der Waals surface area contributed by atoms with Gasteiger partial charge in [0.25, 0.3) is 5.91 Å². The van der Waals surface area contributed by atoms with Crippen LogP contribution in [0.15, 0.2) is 48.5 Å². The summed E-state index contributed by atoms with van der Waals surface area (Å²) < 4.78 is 1.89. The van der Waals surface area contributed by atoms with Crippen LogP contribution < -0.4 is 10.6 Å². The summed E-state index contributed by atoms with van der Waals surface area (Å²) >= 11 is 6.17. The molecular formula is C32H39ClN4O. The average Bonchev–Trinajstić information content (AvgIpc) is 3.25. The lowest BCUT2D eigenvalue weighted by molar-refractivity contribution is -0.0133. The van der Waals surface area contributed by atoms with E-state index in [2.05, 4.69) is 48.7 Å². The van der Waals surface area contributed by atoms with E-state index in [0.29, 0.717) is 29.2 Å². The first-order valence-corrected chi connectivity index (χ1v) is 14.7. The summed E-state index contributed by atoms with van der Waals surface area (Å²) in [4.78, 5) is 13.4. The van der Waals surface area contributed by atoms with Crippen LogP contribution in [0.5, 0.6) is 0 Å². The first-order valence-electron chi connectivity index (χ1n) is 14.3. The second-order valence-electron chi connectivity index (χ2n) is 12.2. The van der Waals surface area contributed by atoms with E-state index < -0.39 is 0 Å². The van der Waals surface area contributed by atoms with Crippen molar-refractivity contribution in [1.29, 1.82) is 0 Å². The number of halogens is 1. The molecule has 4 saturated carbocycles. The van der Waals surface area contributed by atoms with Crippen molar-refractivity contribution in [2.24, 2.45) is 23.7 Å². The number of hydrogen-bond donors (Lipinski definition) is 2. The first-order chi connectivity index (χ1) is 18.4. The van der Waals surface area contributed by atoms with Crippen LogP contribution in [0, 0.1) is 30.6 Å². The van der Waals surface area contributed by atoms with E-state index >= 15 is 0 Å². The van der Waals surface area contributed by atoms with Gasteiger partial charge in [0, 0.05) is 35.3 Å². The largest absolute Gasteiger partial charge is 0.349 e. The smallest absolute Gasteiger partial charge is 0.272 e. The second-order valence-corrected chi connectivity index (χ2v) is 12.6. The van der Waals surface area contributed by atoms with E-state index in [4.69, 9.17) is 16.7 Å². The Morgan fingerprint density at radius 2 is 1.58 bits per heavy atom. The Morgan fingerprint density at radius 1 is 0.947 bits per heavy atom. The fourth-order valence-electron chi connectivity index (χ4n) is 7.60. The molecule has 1 amide bonds. The summed E-state index contributed by atoms with van der Waals surface area (Å²) in [5.74, 6) is 3.96. The monoisotopic (exact) mass is 530 g/mol. The highest BCUT2D eigenvalue weighted by Crippen LogP contribution is 2.53. The predicted molar refractivity (Wildman–Crippen MR) is 154 cm³/mol. The van der Waals surface area contributed by atoms with Crippen LogP contribution >= 0.6 is 11.6 Å². The van der Waals surface area contributed by atoms with Crippen molar-refractivity contribution in [3.05, 3.63) is 70.4 Å². The van der Waals surface area contributed by atoms with Crippen LogP contribution in [0.2, 0.25) is 5.02 Å². The molecule has 0 radical (unpaired) electrons. The van der Waals surface area contributed by atoms with Crippen LogP contribution in [-0.4, -0.2) is 34.8 Å². The third-order valence-electron chi connectivity index (χ3n) is 9.28. The van der Waals surface area contributed by atoms with Gasteiger partial charge < -0.3 is 10.6 Å². The number of hydrogen-bond acceptors (Lipinski definition) is 3. The molecule has 0 spiro atoms. The molecular weight excluding hydrogens is 492 g/mol. The van der Waals surface area contributed by atoms with Gasteiger partial charge in [-0.2, -0.15) is 5.10 Å². The molecule has 6 heteroatoms. The lowest BCUT2D eigenvalue weighted by Gasteiger charge is -2.54. The van der Waals surface area contributed by atoms with Crippen molar-refractivity contribution >= 4 is 17.5 Å². The van der Waals surface area contributed by atoms with Gasteiger partial charge in [0.05, 0.1) is 11.4 Å². The maximum atomic E-state index is 13.4. The van der Waals surface area contributed by atoms with E-state index in [9.17, 15) is 4.79 Å². The molecule has 1 heterocycles. The fraction of sp³-hybridized carbons (Fsp3) is 0.500. The molecule has 200 valence electrons. The van der Waals surface area contributed by atoms with Gasteiger partial charge >= 0.3 is 0 Å². The van der Waals surface area contributed by atoms with Crippen molar-refractivity contribution in [1.82, 2.24) is 20.4 Å². The van der Waals surface area contributed by atoms with Crippen LogP contribution in [0.25, 0.3) is 16.9 Å². The Labute approximate surface area is 231 Å². The third-order valence-corrected chi connectivity index (χ3v) is 9.53. The zero-order chi connectivity index (χ0) is 26.4. The predicted octanol–water partition coefficient (Wildman–Crippen LogP) is 6.77. The first kappa shape index (κ1) is 25.6. The van der Waals surface area contributed by atoms with Crippen molar-refractivity contribution in [3.63, 3.8) is 0 Å². The molecule has 38 heavy (non-hydrogen) atoms. The highest BCUT2D eigenvalue weighted by Gasteiger charge is 2.47. The van der Waals surface area contributed by atoms with E-state index in [-0.39, 0.29) is 5.91 Å². The summed E-state index contributed by atoms with van der Waals surface area (Å²) in [5.41, 5.74) is 5.44. The molecule has 4 fully saturated rings. The minimum atomic E-state index is -0.123. The molecule has 0 atom stereocenters. The molecule has 4 aliphatic carbocycles. The molecule has 2 aromatic carbocycles. The molecule has 0 aliphatic heterocycles. The number of rotatable bonds is 8. The quantitative estimate of drug-likeness (QED) is 0.316. The average molecular weight is 531 g/mol. The number of nitrogens with one attached hydrogen (secondary N) is 2. The van der Waals surface area contributed by atoms with Crippen LogP contribution in [0.3, 0.4) is 0 Å². The lowest BCUT2D eigenvalue weighted by atomic mass is 9.54. The van der Waals surface area contributed by atoms with Gasteiger partial charge in [-0.3, -0.25) is 4.79 Å². The van der Waals surface area contributed by atoms with Crippen molar-refractivity contribution in [3.8, 4) is 16.9 Å². The Bertz CT molecular complexity index is 1270. The van der Waals surface area contributed by atoms with Crippen LogP contribution in [-0.2, 0) is 0 Å². The zero-order valence-corrected chi connectivity index (χ0v) is 23.5. The summed E-state index contributed by atoms with van der Waals surface area (Å²) in [6.45, 7) is 7.77. The van der Waals surface area contributed by atoms with Gasteiger partial charge in [0.15, 0.2) is 5.69 Å². The van der Waals surface area contributed by atoms with Crippen LogP contribution in [0.4, 0.5) is 0 Å². The van der Waals surface area contributed by atoms with E-state index in [0.717, 1.165) is 52.7 Å². The minimum absolute atomic E-state index is 0.123. The molecule has 1 aromatic heterocycles. The maximum Gasteiger partial charge on any atom is 0.272 e. The molecule has 0 saturated heterocycles. The van der Waals surface area contributed by atoms with E-state index in [1.165, 1.54) is 37.7 Å². The zero-order valence-electron chi connectivity index (χ0n) is 22.7. The number of amides is 1. The number of benzene rings is 2. The van der Waals surface area contributed by atoms with Crippen LogP contribution in [0.1, 0.15) is 73.5 Å². The molecule has 4 bridgehead atoms. The molecule has 4 aliphatic rings. The Balaban J connectivity index is 1.18. The highest BCUT2D eigenvalue weighted by atomic mass is 35.5. The number of nitrogens with zero attached hydrogens (tertiary/aromatic N) is 2. The number of aromatic nitrogens is 2. The van der Waals surface area contributed by atoms with Crippen molar-refractivity contribution in [2.45, 2.75) is 64.8 Å². The number of carbonyl (C=O) groups excluding carboxylic acids is 1. The summed E-state index contributed by atoms with van der Waals surface area (Å²) in [6, 6.07) is 16.8. The molecule has 0 unspecified atom stereocenters. The van der Waals surface area contributed by atoms with Gasteiger partial charge in [-0.1, -0.05) is 49.7 Å². The van der Waals surface area contributed by atoms with E-state index in [1.54, 1.807) is 0 Å². The summed E-state index contributed by atoms with van der Waals surface area (Å²) in [7, 11) is 0. The Hall–Kier alpha value is -2.63.